The maximum atomic E-state index is 8.56. The Morgan fingerprint density at radius 3 is 1.55 bits per heavy atom. The average Bonchev–Trinajstić information content (AvgIpc) is 1.90. The van der Waals surface area contributed by atoms with Crippen LogP contribution in [0.5, 0.6) is 0 Å². The Hall–Kier alpha value is -0.200. The van der Waals surface area contributed by atoms with Gasteiger partial charge in [-0.25, -0.2) is 0 Å². The first-order valence-electron chi connectivity index (χ1n) is 2.37. The van der Waals surface area contributed by atoms with Crippen molar-refractivity contribution in [2.24, 2.45) is 0 Å². The smallest absolute Gasteiger partial charge is 0.439 e. The number of aromatic nitrogens is 1. The largest absolute Gasteiger partial charge is 1.00 e. The molecule has 0 aliphatic rings. The first-order valence-corrected chi connectivity index (χ1v) is 3.40. The van der Waals surface area contributed by atoms with E-state index >= 15 is 0 Å². The van der Waals surface area contributed by atoms with Gasteiger partial charge in [-0.05, 0) is 12.1 Å². The number of nitrogens with zero attached hydrogens (tertiary/aromatic N) is 1. The molecule has 0 amide bonds. The first kappa shape index (κ1) is 13.4. The summed E-state index contributed by atoms with van der Waals surface area (Å²) in [5.74, 6) is 0. The van der Waals surface area contributed by atoms with Crippen LogP contribution in [-0.2, 0) is 41.8 Å². The van der Waals surface area contributed by atoms with Crippen LogP contribution in [0.1, 0.15) is 0 Å². The Kier molecular flexibility index (Phi) is 11.9. The molecule has 11 heavy (non-hydrogen) atoms. The molecule has 1 heterocycles. The minimum Gasteiger partial charge on any atom is -0.439 e. The standard InChI is InChI=1S/C5H5N.Ag.HO3S/c1-2-4-6-5-3-1;;1-4(2)3/h1-5H;;(H,1,2,3)/q;+1;-1. The van der Waals surface area contributed by atoms with Gasteiger partial charge in [-0.2, -0.15) is 0 Å². The molecule has 0 aromatic carbocycles. The monoisotopic (exact) mass is 267 g/mol. The average molecular weight is 268 g/mol. The van der Waals surface area contributed by atoms with Crippen molar-refractivity contribution >= 4 is 11.0 Å². The van der Waals surface area contributed by atoms with E-state index in [1.165, 1.54) is 0 Å². The second-order valence-corrected chi connectivity index (χ2v) is 1.68. The Labute approximate surface area is 82.0 Å². The summed E-state index contributed by atoms with van der Waals surface area (Å²) in [7, 11) is -2.86. The van der Waals surface area contributed by atoms with Crippen LogP contribution in [0.15, 0.2) is 30.6 Å². The second kappa shape index (κ2) is 9.80. The third kappa shape index (κ3) is 17.7. The second-order valence-electron chi connectivity index (χ2n) is 1.24. The van der Waals surface area contributed by atoms with Crippen LogP contribution in [0.3, 0.4) is 0 Å². The molecule has 0 aliphatic heterocycles. The van der Waals surface area contributed by atoms with Crippen molar-refractivity contribution in [1.82, 2.24) is 4.98 Å². The molecule has 0 saturated heterocycles. The van der Waals surface area contributed by atoms with Crippen LogP contribution < -0.4 is 0 Å². The molecule has 6 heteroatoms. The van der Waals surface area contributed by atoms with Crippen molar-refractivity contribution in [1.29, 1.82) is 0 Å². The molecule has 0 fully saturated rings. The topological polar surface area (TPSA) is 67.3 Å². The molecule has 0 bridgehead atoms. The van der Waals surface area contributed by atoms with Crippen molar-refractivity contribution < 1.29 is 35.4 Å². The predicted octanol–water partition coefficient (Wildman–Crippen LogP) is 0.848. The molecule has 1 aromatic heterocycles. The third-order valence-electron chi connectivity index (χ3n) is 0.566. The maximum absolute atomic E-state index is 8.56. The summed E-state index contributed by atoms with van der Waals surface area (Å²) >= 11 is 0. The predicted molar refractivity (Wildman–Crippen MR) is 35.6 cm³/mol. The maximum Gasteiger partial charge on any atom is 1.00 e. The summed E-state index contributed by atoms with van der Waals surface area (Å²) in [5.41, 5.74) is 0. The summed E-state index contributed by atoms with van der Waals surface area (Å²) in [6.07, 6.45) is 3.50. The quantitative estimate of drug-likeness (QED) is 0.328. The van der Waals surface area contributed by atoms with Crippen molar-refractivity contribution in [2.45, 2.75) is 0 Å². The van der Waals surface area contributed by atoms with Crippen LogP contribution in [0.4, 0.5) is 0 Å². The van der Waals surface area contributed by atoms with Gasteiger partial charge >= 0.3 is 22.4 Å². The van der Waals surface area contributed by atoms with Gasteiger partial charge in [0, 0.05) is 23.4 Å². The Bertz CT molecular complexity index is 192. The molecule has 0 radical (unpaired) electrons. The zero-order valence-corrected chi connectivity index (χ0v) is 7.61. The van der Waals surface area contributed by atoms with E-state index in [0.717, 1.165) is 0 Å². The van der Waals surface area contributed by atoms with Gasteiger partial charge in [0.1, 0.15) is 0 Å². The van der Waals surface area contributed by atoms with Gasteiger partial charge in [0.15, 0.2) is 0 Å². The fourth-order valence-electron chi connectivity index (χ4n) is 0.313. The van der Waals surface area contributed by atoms with E-state index in [0.29, 0.717) is 0 Å². The van der Waals surface area contributed by atoms with Gasteiger partial charge in [0.25, 0.3) is 0 Å². The SMILES string of the molecule is O=[S-](=O)O.[Ag+].c1ccncc1. The van der Waals surface area contributed by atoms with Gasteiger partial charge in [-0.3, -0.25) is 4.98 Å². The van der Waals surface area contributed by atoms with E-state index < -0.39 is 11.0 Å². The summed E-state index contributed by atoms with van der Waals surface area (Å²) in [4.78, 5) is 3.78. The van der Waals surface area contributed by atoms with Gasteiger partial charge < -0.3 is 13.0 Å². The summed E-state index contributed by atoms with van der Waals surface area (Å²) in [6, 6.07) is 5.72. The Balaban J connectivity index is 0. The molecule has 0 atom stereocenters. The van der Waals surface area contributed by atoms with Gasteiger partial charge in [-0.15, -0.1) is 0 Å². The van der Waals surface area contributed by atoms with Crippen LogP contribution in [-0.4, -0.2) is 9.54 Å². The Morgan fingerprint density at radius 1 is 1.09 bits per heavy atom. The molecule has 4 nitrogen and oxygen atoms in total. The molecule has 0 aliphatic carbocycles. The minimum absolute atomic E-state index is 0. The fraction of sp³-hybridized carbons (Fsp3) is 0. The Morgan fingerprint density at radius 2 is 1.45 bits per heavy atom. The number of pyridine rings is 1. The zero-order valence-electron chi connectivity index (χ0n) is 5.31. The van der Waals surface area contributed by atoms with E-state index in [4.69, 9.17) is 13.0 Å². The van der Waals surface area contributed by atoms with Crippen molar-refractivity contribution in [2.75, 3.05) is 0 Å². The molecule has 66 valence electrons. The number of hydrogen-bond acceptors (Lipinski definition) is 4. The summed E-state index contributed by atoms with van der Waals surface area (Å²) in [6.45, 7) is 0. The zero-order chi connectivity index (χ0) is 7.82. The van der Waals surface area contributed by atoms with Crippen molar-refractivity contribution in [3.05, 3.63) is 30.6 Å². The molecular weight excluding hydrogens is 262 g/mol. The van der Waals surface area contributed by atoms with Crippen LogP contribution >= 0.6 is 0 Å². The first-order chi connectivity index (χ1) is 4.73. The molecule has 1 aromatic rings. The molecule has 0 unspecified atom stereocenters. The fourth-order valence-corrected chi connectivity index (χ4v) is 0.313. The molecule has 0 spiro atoms. The van der Waals surface area contributed by atoms with E-state index in [2.05, 4.69) is 4.98 Å². The van der Waals surface area contributed by atoms with Crippen LogP contribution in [0, 0.1) is 0 Å². The van der Waals surface area contributed by atoms with E-state index in [-0.39, 0.29) is 22.4 Å². The van der Waals surface area contributed by atoms with Crippen molar-refractivity contribution in [3.63, 3.8) is 0 Å². The van der Waals surface area contributed by atoms with E-state index in [1.807, 2.05) is 18.2 Å². The minimum atomic E-state index is -2.86. The van der Waals surface area contributed by atoms with Crippen LogP contribution in [0.2, 0.25) is 0 Å². The van der Waals surface area contributed by atoms with Gasteiger partial charge in [-0.1, -0.05) is 6.07 Å². The van der Waals surface area contributed by atoms with Gasteiger partial charge in [0.2, 0.25) is 0 Å². The number of rotatable bonds is 0. The van der Waals surface area contributed by atoms with Crippen molar-refractivity contribution in [3.8, 4) is 0 Å². The molecule has 1 rings (SSSR count). The van der Waals surface area contributed by atoms with Gasteiger partial charge in [0.05, 0.1) is 0 Å². The van der Waals surface area contributed by atoms with Crippen LogP contribution in [0.25, 0.3) is 0 Å². The molecule has 0 saturated carbocycles. The molecule has 1 N–H and O–H groups in total. The summed E-state index contributed by atoms with van der Waals surface area (Å²) < 4.78 is 24.1. The van der Waals surface area contributed by atoms with E-state index in [1.54, 1.807) is 12.4 Å². The molecular formula is C5H6AgNO3S. The normalized spacial score (nSPS) is 7.45. The third-order valence-corrected chi connectivity index (χ3v) is 0.566. The van der Waals surface area contributed by atoms with E-state index in [9.17, 15) is 0 Å². The summed E-state index contributed by atoms with van der Waals surface area (Å²) in [5, 5.41) is 0. The number of hydrogen-bond donors (Lipinski definition) is 1.